The molecule has 0 saturated carbocycles. The maximum absolute atomic E-state index is 12.4. The number of aryl methyl sites for hydroxylation is 1. The van der Waals surface area contributed by atoms with E-state index in [0.717, 1.165) is 13.1 Å². The predicted octanol–water partition coefficient (Wildman–Crippen LogP) is -0.257. The van der Waals surface area contributed by atoms with Crippen LogP contribution >= 0.6 is 0 Å². The van der Waals surface area contributed by atoms with Gasteiger partial charge in [0.1, 0.15) is 10.6 Å². The number of likely N-dealkylation sites (N-methyl/N-ethyl adjacent to an activating group) is 1. The smallest absolute Gasteiger partial charge is 0.265 e. The fraction of sp³-hybridized carbons (Fsp3) is 0.615. The molecule has 1 aromatic heterocycles. The number of hydrogen-bond acceptors (Lipinski definition) is 4. The SMILES string of the molecule is CCN1C[C@@H](C)[C@H](NS(=O)(=O)c2cc(C(N)=O)n(C)c2)C1. The number of nitrogens with zero attached hydrogens (tertiary/aromatic N) is 2. The second-order valence-corrected chi connectivity index (χ2v) is 7.31. The molecule has 21 heavy (non-hydrogen) atoms. The van der Waals surface area contributed by atoms with E-state index >= 15 is 0 Å². The molecule has 0 unspecified atom stereocenters. The van der Waals surface area contributed by atoms with Crippen LogP contribution in [0.5, 0.6) is 0 Å². The molecule has 1 aromatic rings. The van der Waals surface area contributed by atoms with Gasteiger partial charge in [-0.15, -0.1) is 0 Å². The maximum Gasteiger partial charge on any atom is 0.265 e. The van der Waals surface area contributed by atoms with Gasteiger partial charge in [-0.1, -0.05) is 13.8 Å². The summed E-state index contributed by atoms with van der Waals surface area (Å²) in [6.45, 7) is 6.57. The number of primary amides is 1. The van der Waals surface area contributed by atoms with Crippen molar-refractivity contribution < 1.29 is 13.2 Å². The number of carbonyl (C=O) groups is 1. The van der Waals surface area contributed by atoms with Crippen molar-refractivity contribution in [1.82, 2.24) is 14.2 Å². The first kappa shape index (κ1) is 16.0. The quantitative estimate of drug-likeness (QED) is 0.782. The Labute approximate surface area is 125 Å². The van der Waals surface area contributed by atoms with Crippen molar-refractivity contribution in [3.63, 3.8) is 0 Å². The number of carbonyl (C=O) groups excluding carboxylic acids is 1. The second kappa shape index (κ2) is 5.78. The van der Waals surface area contributed by atoms with E-state index in [0.29, 0.717) is 6.54 Å². The Morgan fingerprint density at radius 1 is 1.48 bits per heavy atom. The summed E-state index contributed by atoms with van der Waals surface area (Å²) < 4.78 is 29.0. The van der Waals surface area contributed by atoms with Crippen molar-refractivity contribution in [2.24, 2.45) is 18.7 Å². The molecule has 3 N–H and O–H groups in total. The number of nitrogens with one attached hydrogen (secondary N) is 1. The topological polar surface area (TPSA) is 97.4 Å². The molecule has 0 radical (unpaired) electrons. The fourth-order valence-electron chi connectivity index (χ4n) is 2.67. The Kier molecular flexibility index (Phi) is 4.40. The molecule has 0 spiro atoms. The Morgan fingerprint density at radius 3 is 2.62 bits per heavy atom. The van der Waals surface area contributed by atoms with E-state index in [4.69, 9.17) is 5.73 Å². The van der Waals surface area contributed by atoms with Gasteiger partial charge in [-0.2, -0.15) is 0 Å². The first-order valence-corrected chi connectivity index (χ1v) is 8.43. The third kappa shape index (κ3) is 3.28. The predicted molar refractivity (Wildman–Crippen MR) is 79.3 cm³/mol. The zero-order chi connectivity index (χ0) is 15.8. The molecule has 118 valence electrons. The van der Waals surface area contributed by atoms with Crippen LogP contribution in [0.3, 0.4) is 0 Å². The summed E-state index contributed by atoms with van der Waals surface area (Å²) in [7, 11) is -2.06. The van der Waals surface area contributed by atoms with Crippen molar-refractivity contribution in [2.75, 3.05) is 19.6 Å². The average molecular weight is 314 g/mol. The van der Waals surface area contributed by atoms with Crippen LogP contribution in [0.1, 0.15) is 24.3 Å². The number of rotatable bonds is 5. The van der Waals surface area contributed by atoms with Gasteiger partial charge in [-0.3, -0.25) is 4.79 Å². The number of aromatic nitrogens is 1. The van der Waals surface area contributed by atoms with Gasteiger partial charge in [0.25, 0.3) is 5.91 Å². The van der Waals surface area contributed by atoms with E-state index in [1.807, 2.05) is 6.92 Å². The van der Waals surface area contributed by atoms with Crippen molar-refractivity contribution in [1.29, 1.82) is 0 Å². The monoisotopic (exact) mass is 314 g/mol. The average Bonchev–Trinajstić information content (AvgIpc) is 2.93. The second-order valence-electron chi connectivity index (χ2n) is 5.59. The number of likely N-dealkylation sites (tertiary alicyclic amines) is 1. The lowest BCUT2D eigenvalue weighted by atomic mass is 10.1. The van der Waals surface area contributed by atoms with Crippen molar-refractivity contribution >= 4 is 15.9 Å². The van der Waals surface area contributed by atoms with E-state index in [2.05, 4.69) is 16.5 Å². The van der Waals surface area contributed by atoms with Gasteiger partial charge in [0.05, 0.1) is 0 Å². The van der Waals surface area contributed by atoms with Gasteiger partial charge < -0.3 is 15.2 Å². The summed E-state index contributed by atoms with van der Waals surface area (Å²) in [5, 5.41) is 0. The summed E-state index contributed by atoms with van der Waals surface area (Å²) in [6.07, 6.45) is 1.40. The fourth-order valence-corrected chi connectivity index (χ4v) is 4.08. The minimum absolute atomic E-state index is 0.0703. The van der Waals surface area contributed by atoms with Crippen molar-refractivity contribution in [3.05, 3.63) is 18.0 Å². The zero-order valence-electron chi connectivity index (χ0n) is 12.5. The molecular weight excluding hydrogens is 292 g/mol. The lowest BCUT2D eigenvalue weighted by molar-refractivity contribution is 0.0992. The number of nitrogens with two attached hydrogens (primary N) is 1. The van der Waals surface area contributed by atoms with E-state index < -0.39 is 15.9 Å². The van der Waals surface area contributed by atoms with E-state index in [1.165, 1.54) is 16.8 Å². The van der Waals surface area contributed by atoms with E-state index in [1.54, 1.807) is 7.05 Å². The number of sulfonamides is 1. The minimum atomic E-state index is -3.65. The van der Waals surface area contributed by atoms with E-state index in [-0.39, 0.29) is 22.5 Å². The summed E-state index contributed by atoms with van der Waals surface area (Å²) in [6, 6.07) is 1.19. The van der Waals surface area contributed by atoms with Gasteiger partial charge in [0.2, 0.25) is 10.0 Å². The molecule has 7 nitrogen and oxygen atoms in total. The lowest BCUT2D eigenvalue weighted by Gasteiger charge is -2.16. The van der Waals surface area contributed by atoms with Gasteiger partial charge in [0.15, 0.2) is 0 Å². The van der Waals surface area contributed by atoms with Crippen LogP contribution in [-0.4, -0.2) is 49.5 Å². The first-order chi connectivity index (χ1) is 9.74. The molecule has 8 heteroatoms. The summed E-state index contributed by atoms with van der Waals surface area (Å²) in [4.78, 5) is 13.5. The standard InChI is InChI=1S/C13H22N4O3S/c1-4-17-6-9(2)11(8-17)15-21(19,20)10-5-12(13(14)18)16(3)7-10/h5,7,9,11,15H,4,6,8H2,1-3H3,(H2,14,18)/t9-,11-/m1/s1. The summed E-state index contributed by atoms with van der Waals surface area (Å²) in [5.41, 5.74) is 5.38. The molecule has 0 aromatic carbocycles. The van der Waals surface area contributed by atoms with Gasteiger partial charge in [-0.05, 0) is 18.5 Å². The lowest BCUT2D eigenvalue weighted by Crippen LogP contribution is -2.39. The van der Waals surface area contributed by atoms with Crippen LogP contribution in [0.25, 0.3) is 0 Å². The molecular formula is C13H22N4O3S. The van der Waals surface area contributed by atoms with Crippen LogP contribution in [0, 0.1) is 5.92 Å². The molecule has 0 bridgehead atoms. The normalized spacial score (nSPS) is 23.6. The maximum atomic E-state index is 12.4. The Morgan fingerprint density at radius 2 is 2.14 bits per heavy atom. The van der Waals surface area contributed by atoms with Crippen LogP contribution in [-0.2, 0) is 17.1 Å². The Bertz CT molecular complexity index is 638. The molecule has 1 amide bonds. The highest BCUT2D eigenvalue weighted by atomic mass is 32.2. The highest BCUT2D eigenvalue weighted by Gasteiger charge is 2.32. The summed E-state index contributed by atoms with van der Waals surface area (Å²) >= 11 is 0. The van der Waals surface area contributed by atoms with Crippen LogP contribution in [0.4, 0.5) is 0 Å². The zero-order valence-corrected chi connectivity index (χ0v) is 13.4. The van der Waals surface area contributed by atoms with Gasteiger partial charge in [0, 0.05) is 32.4 Å². The first-order valence-electron chi connectivity index (χ1n) is 6.95. The van der Waals surface area contributed by atoms with Crippen LogP contribution < -0.4 is 10.5 Å². The van der Waals surface area contributed by atoms with Crippen LogP contribution in [0.2, 0.25) is 0 Å². The molecule has 0 aliphatic carbocycles. The largest absolute Gasteiger partial charge is 0.364 e. The third-order valence-corrected chi connectivity index (χ3v) is 5.44. The van der Waals surface area contributed by atoms with Crippen molar-refractivity contribution in [2.45, 2.75) is 24.8 Å². The van der Waals surface area contributed by atoms with Crippen LogP contribution in [0.15, 0.2) is 17.2 Å². The highest BCUT2D eigenvalue weighted by molar-refractivity contribution is 7.89. The minimum Gasteiger partial charge on any atom is -0.364 e. The molecule has 2 rings (SSSR count). The van der Waals surface area contributed by atoms with E-state index in [9.17, 15) is 13.2 Å². The Balaban J connectivity index is 2.19. The highest BCUT2D eigenvalue weighted by Crippen LogP contribution is 2.20. The third-order valence-electron chi connectivity index (χ3n) is 3.98. The molecule has 1 aliphatic rings. The molecule has 2 atom stereocenters. The van der Waals surface area contributed by atoms with Gasteiger partial charge >= 0.3 is 0 Å². The molecule has 1 saturated heterocycles. The summed E-state index contributed by atoms with van der Waals surface area (Å²) in [5.74, 6) is -0.399. The molecule has 1 fully saturated rings. The number of hydrogen-bond donors (Lipinski definition) is 2. The number of amides is 1. The van der Waals surface area contributed by atoms with Gasteiger partial charge in [-0.25, -0.2) is 13.1 Å². The molecule has 1 aliphatic heterocycles. The molecule has 2 heterocycles. The van der Waals surface area contributed by atoms with Crippen molar-refractivity contribution in [3.8, 4) is 0 Å². The Hall–Kier alpha value is -1.38.